The van der Waals surface area contributed by atoms with Crippen LogP contribution in [0.1, 0.15) is 11.1 Å². The number of halogens is 1. The molecule has 17 heavy (non-hydrogen) atoms. The summed E-state index contributed by atoms with van der Waals surface area (Å²) in [5, 5.41) is 3.50. The van der Waals surface area contributed by atoms with Gasteiger partial charge >= 0.3 is 0 Å². The molecule has 0 spiro atoms. The number of nitrogens with one attached hydrogen (secondary N) is 1. The molecule has 0 aliphatic carbocycles. The molecule has 0 amide bonds. The van der Waals surface area contributed by atoms with Crippen molar-refractivity contribution >= 4 is 21.4 Å². The van der Waals surface area contributed by atoms with Crippen LogP contribution in [-0.4, -0.2) is 32.5 Å². The quantitative estimate of drug-likeness (QED) is 0.890. The summed E-state index contributed by atoms with van der Waals surface area (Å²) in [5.41, 5.74) is 2.00. The summed E-state index contributed by atoms with van der Waals surface area (Å²) >= 11 is 6.04. The van der Waals surface area contributed by atoms with Crippen LogP contribution in [0.4, 0.5) is 0 Å². The summed E-state index contributed by atoms with van der Waals surface area (Å²) in [7, 11) is -2.95. The van der Waals surface area contributed by atoms with Crippen LogP contribution in [0.25, 0.3) is 0 Å². The predicted molar refractivity (Wildman–Crippen MR) is 70.3 cm³/mol. The van der Waals surface area contributed by atoms with Gasteiger partial charge in [-0.3, -0.25) is 0 Å². The van der Waals surface area contributed by atoms with E-state index in [9.17, 15) is 8.42 Å². The number of hydrogen-bond donors (Lipinski definition) is 1. The third-order valence-electron chi connectivity index (χ3n) is 3.14. The molecule has 1 saturated heterocycles. The van der Waals surface area contributed by atoms with E-state index >= 15 is 0 Å². The normalized spacial score (nSPS) is 23.5. The van der Waals surface area contributed by atoms with Crippen LogP contribution in [-0.2, 0) is 16.3 Å². The highest BCUT2D eigenvalue weighted by molar-refractivity contribution is 7.92. The van der Waals surface area contributed by atoms with Gasteiger partial charge in [0.1, 0.15) is 0 Å². The van der Waals surface area contributed by atoms with Crippen molar-refractivity contribution in [2.75, 3.05) is 18.8 Å². The van der Waals surface area contributed by atoms with Crippen molar-refractivity contribution in [1.29, 1.82) is 0 Å². The van der Waals surface area contributed by atoms with Crippen LogP contribution in [0, 0.1) is 6.92 Å². The maximum Gasteiger partial charge on any atom is 0.155 e. The first kappa shape index (κ1) is 12.9. The molecule has 1 aromatic rings. The van der Waals surface area contributed by atoms with E-state index in [4.69, 9.17) is 11.6 Å². The Morgan fingerprint density at radius 1 is 1.47 bits per heavy atom. The predicted octanol–water partition coefficient (Wildman–Crippen LogP) is 1.58. The van der Waals surface area contributed by atoms with Crippen molar-refractivity contribution in [2.24, 2.45) is 0 Å². The Kier molecular flexibility index (Phi) is 3.76. The molecule has 0 saturated carbocycles. The van der Waals surface area contributed by atoms with Gasteiger partial charge in [-0.2, -0.15) is 0 Å². The number of rotatable bonds is 2. The first-order valence-electron chi connectivity index (χ1n) is 5.66. The van der Waals surface area contributed by atoms with Crippen LogP contribution in [0.2, 0.25) is 5.02 Å². The Balaban J connectivity index is 2.17. The summed E-state index contributed by atoms with van der Waals surface area (Å²) in [5.74, 6) is 0.233. The molecule has 1 aliphatic heterocycles. The second-order valence-electron chi connectivity index (χ2n) is 4.48. The largest absolute Gasteiger partial charge is 0.314 e. The second kappa shape index (κ2) is 4.96. The van der Waals surface area contributed by atoms with Crippen molar-refractivity contribution in [3.05, 3.63) is 34.3 Å². The molecule has 1 atom stereocenters. The van der Waals surface area contributed by atoms with Crippen molar-refractivity contribution < 1.29 is 8.42 Å². The van der Waals surface area contributed by atoms with Gasteiger partial charge in [-0.05, 0) is 30.5 Å². The Morgan fingerprint density at radius 2 is 2.24 bits per heavy atom. The average molecular weight is 274 g/mol. The summed E-state index contributed by atoms with van der Waals surface area (Å²) in [4.78, 5) is 0. The molecule has 5 heteroatoms. The lowest BCUT2D eigenvalue weighted by Gasteiger charge is -2.23. The third-order valence-corrected chi connectivity index (χ3v) is 5.67. The average Bonchev–Trinajstić information content (AvgIpc) is 2.26. The zero-order chi connectivity index (χ0) is 12.5. The van der Waals surface area contributed by atoms with E-state index in [1.54, 1.807) is 0 Å². The Morgan fingerprint density at radius 3 is 2.88 bits per heavy atom. The van der Waals surface area contributed by atoms with E-state index < -0.39 is 9.84 Å². The summed E-state index contributed by atoms with van der Waals surface area (Å²) in [6, 6.07) is 5.74. The number of sulfone groups is 1. The van der Waals surface area contributed by atoms with E-state index in [1.165, 1.54) is 0 Å². The highest BCUT2D eigenvalue weighted by Crippen LogP contribution is 2.20. The standard InChI is InChI=1S/C12H16ClNO2S/c1-9-2-3-10(7-12(9)13)6-11-8-14-4-5-17(11,15)16/h2-3,7,11,14H,4-6,8H2,1H3. The minimum absolute atomic E-state index is 0.233. The van der Waals surface area contributed by atoms with Gasteiger partial charge in [-0.25, -0.2) is 8.42 Å². The molecule has 1 unspecified atom stereocenters. The van der Waals surface area contributed by atoms with Crippen LogP contribution in [0.3, 0.4) is 0 Å². The maximum absolute atomic E-state index is 11.9. The number of benzene rings is 1. The van der Waals surface area contributed by atoms with Crippen molar-refractivity contribution in [2.45, 2.75) is 18.6 Å². The van der Waals surface area contributed by atoms with Crippen LogP contribution in [0.15, 0.2) is 18.2 Å². The zero-order valence-corrected chi connectivity index (χ0v) is 11.3. The first-order chi connectivity index (χ1) is 7.99. The molecule has 2 rings (SSSR count). The molecule has 3 nitrogen and oxygen atoms in total. The smallest absolute Gasteiger partial charge is 0.155 e. The molecule has 1 heterocycles. The van der Waals surface area contributed by atoms with Crippen molar-refractivity contribution in [3.63, 3.8) is 0 Å². The maximum atomic E-state index is 11.9. The van der Waals surface area contributed by atoms with Gasteiger partial charge in [0.2, 0.25) is 0 Å². The van der Waals surface area contributed by atoms with Gasteiger partial charge < -0.3 is 5.32 Å². The SMILES string of the molecule is Cc1ccc(CC2CNCCS2(=O)=O)cc1Cl. The van der Waals surface area contributed by atoms with Crippen molar-refractivity contribution in [1.82, 2.24) is 5.32 Å². The van der Waals surface area contributed by atoms with Gasteiger partial charge in [0, 0.05) is 18.1 Å². The fourth-order valence-corrected chi connectivity index (χ4v) is 3.78. The Labute approximate surface area is 107 Å². The second-order valence-corrected chi connectivity index (χ2v) is 7.29. The van der Waals surface area contributed by atoms with Crippen molar-refractivity contribution in [3.8, 4) is 0 Å². The van der Waals surface area contributed by atoms with Crippen LogP contribution in [0.5, 0.6) is 0 Å². The van der Waals surface area contributed by atoms with Gasteiger partial charge in [-0.1, -0.05) is 23.7 Å². The number of hydrogen-bond acceptors (Lipinski definition) is 3. The lowest BCUT2D eigenvalue weighted by atomic mass is 10.1. The Hall–Kier alpha value is -0.580. The topological polar surface area (TPSA) is 46.2 Å². The van der Waals surface area contributed by atoms with Gasteiger partial charge in [0.25, 0.3) is 0 Å². The molecule has 1 fully saturated rings. The van der Waals surface area contributed by atoms with Gasteiger partial charge in [0.05, 0.1) is 11.0 Å². The van der Waals surface area contributed by atoms with Crippen LogP contribution >= 0.6 is 11.6 Å². The van der Waals surface area contributed by atoms with Crippen LogP contribution < -0.4 is 5.32 Å². The lowest BCUT2D eigenvalue weighted by molar-refractivity contribution is 0.544. The minimum atomic E-state index is -2.95. The first-order valence-corrected chi connectivity index (χ1v) is 7.76. The molecular formula is C12H16ClNO2S. The molecule has 1 aliphatic rings. The van der Waals surface area contributed by atoms with E-state index in [0.29, 0.717) is 24.5 Å². The lowest BCUT2D eigenvalue weighted by Crippen LogP contribution is -2.44. The molecule has 1 N–H and O–H groups in total. The van der Waals surface area contributed by atoms with E-state index in [2.05, 4.69) is 5.32 Å². The van der Waals surface area contributed by atoms with E-state index in [-0.39, 0.29) is 11.0 Å². The number of aryl methyl sites for hydroxylation is 1. The summed E-state index contributed by atoms with van der Waals surface area (Å²) in [6.07, 6.45) is 0.537. The zero-order valence-electron chi connectivity index (χ0n) is 9.74. The van der Waals surface area contributed by atoms with Gasteiger partial charge in [-0.15, -0.1) is 0 Å². The minimum Gasteiger partial charge on any atom is -0.314 e. The monoisotopic (exact) mass is 273 g/mol. The fraction of sp³-hybridized carbons (Fsp3) is 0.500. The van der Waals surface area contributed by atoms with Gasteiger partial charge in [0.15, 0.2) is 9.84 Å². The van der Waals surface area contributed by atoms with E-state index in [1.807, 2.05) is 25.1 Å². The molecule has 0 aromatic heterocycles. The summed E-state index contributed by atoms with van der Waals surface area (Å²) in [6.45, 7) is 3.03. The molecule has 1 aromatic carbocycles. The highest BCUT2D eigenvalue weighted by Gasteiger charge is 2.28. The summed E-state index contributed by atoms with van der Waals surface area (Å²) < 4.78 is 23.7. The fourth-order valence-electron chi connectivity index (χ4n) is 2.00. The molecule has 0 radical (unpaired) electrons. The highest BCUT2D eigenvalue weighted by atomic mass is 35.5. The molecule has 0 bridgehead atoms. The third kappa shape index (κ3) is 3.00. The van der Waals surface area contributed by atoms with E-state index in [0.717, 1.165) is 11.1 Å². The Bertz CT molecular complexity index is 513. The molecule has 94 valence electrons. The molecular weight excluding hydrogens is 258 g/mol.